The van der Waals surface area contributed by atoms with Crippen molar-refractivity contribution in [2.75, 3.05) is 11.5 Å². The van der Waals surface area contributed by atoms with Crippen molar-refractivity contribution in [2.24, 2.45) is 0 Å². The lowest BCUT2D eigenvalue weighted by molar-refractivity contribution is -0.136. The molecule has 0 aliphatic heterocycles. The maximum Gasteiger partial charge on any atom is 0.304 e. The van der Waals surface area contributed by atoms with Gasteiger partial charge in [0.05, 0.1) is 6.42 Å². The van der Waals surface area contributed by atoms with E-state index in [9.17, 15) is 9.59 Å². The van der Waals surface area contributed by atoms with Crippen LogP contribution in [0.5, 0.6) is 0 Å². The summed E-state index contributed by atoms with van der Waals surface area (Å²) in [5, 5.41) is 20.4. The average Bonchev–Trinajstić information content (AvgIpc) is 2.18. The Balaban J connectivity index is -0.000000273. The van der Waals surface area contributed by atoms with E-state index in [1.54, 1.807) is 13.8 Å². The van der Waals surface area contributed by atoms with Crippen LogP contribution < -0.4 is 0 Å². The second-order valence-corrected chi connectivity index (χ2v) is 4.01. The number of carbonyl (C=O) groups is 2. The third-order valence-corrected chi connectivity index (χ3v) is 2.04. The van der Waals surface area contributed by atoms with Crippen LogP contribution in [0.15, 0.2) is 0 Å². The van der Waals surface area contributed by atoms with Gasteiger partial charge in [0.1, 0.15) is 5.78 Å². The lowest BCUT2D eigenvalue weighted by Crippen LogP contribution is -1.98. The van der Waals surface area contributed by atoms with Gasteiger partial charge in [0.25, 0.3) is 0 Å². The van der Waals surface area contributed by atoms with E-state index < -0.39 is 5.97 Å². The molecule has 5 nitrogen and oxygen atoms in total. The van der Waals surface area contributed by atoms with E-state index in [-0.39, 0.29) is 12.2 Å². The first-order valence-corrected chi connectivity index (χ1v) is 6.30. The summed E-state index contributed by atoms with van der Waals surface area (Å²) < 4.78 is 0. The molecule has 0 rings (SSSR count). The smallest absolute Gasteiger partial charge is 0.304 e. The summed E-state index contributed by atoms with van der Waals surface area (Å²) in [6.07, 6.45) is 3.23. The van der Waals surface area contributed by atoms with Crippen LogP contribution in [0.2, 0.25) is 0 Å². The summed E-state index contributed by atoms with van der Waals surface area (Å²) in [6.45, 7) is 4.87. The number of hydrogen-bond donors (Lipinski definition) is 3. The lowest BCUT2D eigenvalue weighted by atomic mass is 10.4. The molecule has 6 heteroatoms. The van der Waals surface area contributed by atoms with E-state index in [4.69, 9.17) is 15.9 Å². The first-order chi connectivity index (χ1) is 7.95. The van der Waals surface area contributed by atoms with Crippen LogP contribution in [0.4, 0.5) is 0 Å². The molecule has 3 N–H and O–H groups in total. The Morgan fingerprint density at radius 2 is 1.47 bits per heavy atom. The third-order valence-electron chi connectivity index (χ3n) is 1.06. The van der Waals surface area contributed by atoms with Crippen LogP contribution in [0.25, 0.3) is 0 Å². The summed E-state index contributed by atoms with van der Waals surface area (Å²) in [5.41, 5.74) is 0. The predicted molar refractivity (Wildman–Crippen MR) is 73.8 cm³/mol. The Labute approximate surface area is 107 Å². The van der Waals surface area contributed by atoms with E-state index in [0.29, 0.717) is 12.2 Å². The zero-order valence-corrected chi connectivity index (χ0v) is 11.5. The molecule has 0 fully saturated rings. The number of carboxylic acids is 1. The van der Waals surface area contributed by atoms with Crippen molar-refractivity contribution in [1.29, 1.82) is 10.8 Å². The minimum atomic E-state index is -0.777. The van der Waals surface area contributed by atoms with Crippen molar-refractivity contribution < 1.29 is 14.7 Å². The molecule has 0 aromatic heterocycles. The van der Waals surface area contributed by atoms with E-state index in [1.807, 2.05) is 0 Å². The number of aliphatic carboxylic acids is 1. The maximum atomic E-state index is 10.4. The van der Waals surface area contributed by atoms with Gasteiger partial charge in [0, 0.05) is 17.9 Å². The van der Waals surface area contributed by atoms with Crippen molar-refractivity contribution in [3.63, 3.8) is 0 Å². The van der Waals surface area contributed by atoms with Crippen LogP contribution in [-0.2, 0) is 9.59 Å². The molecule has 0 aliphatic carbocycles. The quantitative estimate of drug-likeness (QED) is 0.505. The van der Waals surface area contributed by atoms with Crippen LogP contribution in [-0.4, -0.2) is 40.8 Å². The van der Waals surface area contributed by atoms with Crippen LogP contribution in [0.3, 0.4) is 0 Å². The molecule has 100 valence electrons. The minimum Gasteiger partial charge on any atom is -0.481 e. The van der Waals surface area contributed by atoms with Gasteiger partial charge >= 0.3 is 5.97 Å². The molecule has 17 heavy (non-hydrogen) atoms. The fourth-order valence-electron chi connectivity index (χ4n) is 0.477. The highest BCUT2D eigenvalue weighted by atomic mass is 32.2. The average molecular weight is 262 g/mol. The Bertz CT molecular complexity index is 199. The van der Waals surface area contributed by atoms with Gasteiger partial charge in [0.2, 0.25) is 0 Å². The predicted octanol–water partition coefficient (Wildman–Crippen LogP) is 2.49. The van der Waals surface area contributed by atoms with E-state index in [2.05, 4.69) is 0 Å². The van der Waals surface area contributed by atoms with Gasteiger partial charge < -0.3 is 15.9 Å². The largest absolute Gasteiger partial charge is 0.481 e. The van der Waals surface area contributed by atoms with Gasteiger partial charge in [-0.3, -0.25) is 9.59 Å². The molecule has 0 heterocycles. The third kappa shape index (κ3) is 52.3. The molecule has 0 bridgehead atoms. The first-order valence-electron chi connectivity index (χ1n) is 5.15. The summed E-state index contributed by atoms with van der Waals surface area (Å²) in [5.74, 6) is 0.721. The number of Topliss-reactive ketones (excluding diaryl/α,β-unsaturated/α-hetero) is 1. The summed E-state index contributed by atoms with van der Waals surface area (Å²) in [6, 6.07) is 0. The van der Waals surface area contributed by atoms with E-state index in [1.165, 1.54) is 31.1 Å². The number of carbonyl (C=O) groups excluding carboxylic acids is 1. The monoisotopic (exact) mass is 262 g/mol. The highest BCUT2D eigenvalue weighted by Crippen LogP contribution is 2.04. The number of thioether (sulfide) groups is 1. The van der Waals surface area contributed by atoms with Crippen molar-refractivity contribution in [3.05, 3.63) is 0 Å². The van der Waals surface area contributed by atoms with E-state index in [0.717, 1.165) is 5.75 Å². The minimum absolute atomic E-state index is 0.160. The second kappa shape index (κ2) is 20.3. The molecule has 0 spiro atoms. The molecule has 0 saturated heterocycles. The maximum absolute atomic E-state index is 10.4. The lowest BCUT2D eigenvalue weighted by Gasteiger charge is -1.95. The standard InChI is InChI=1S/C7H12O3S.2C2H5N/c1-6(8)2-4-11-5-3-7(9)10;2*1-2-3/h2-5H2,1H3,(H,9,10);2*2-3H,1H3. The topological polar surface area (TPSA) is 102 Å². The van der Waals surface area contributed by atoms with Crippen LogP contribution in [0.1, 0.15) is 33.6 Å². The van der Waals surface area contributed by atoms with Crippen molar-refractivity contribution in [3.8, 4) is 0 Å². The molecule has 0 saturated carbocycles. The van der Waals surface area contributed by atoms with Crippen molar-refractivity contribution in [1.82, 2.24) is 0 Å². The Morgan fingerprint density at radius 1 is 1.12 bits per heavy atom. The number of hydrogen-bond acceptors (Lipinski definition) is 5. The van der Waals surface area contributed by atoms with Gasteiger partial charge in [-0.15, -0.1) is 0 Å². The molecule has 0 aromatic carbocycles. The SMILES string of the molecule is CC(=O)CCSCCC(=O)O.CC=N.CC=N. The van der Waals surface area contributed by atoms with Gasteiger partial charge in [-0.1, -0.05) is 0 Å². The zero-order chi connectivity index (χ0) is 14.1. The Hall–Kier alpha value is -1.17. The van der Waals surface area contributed by atoms with Gasteiger partial charge in [-0.25, -0.2) is 0 Å². The number of nitrogens with one attached hydrogen (secondary N) is 2. The molecule has 0 amide bonds. The first kappa shape index (κ1) is 21.1. The number of rotatable bonds is 6. The highest BCUT2D eigenvalue weighted by Gasteiger charge is 1.97. The molecule has 0 aromatic rings. The molecule has 0 radical (unpaired) electrons. The number of ketones is 1. The summed E-state index contributed by atoms with van der Waals surface area (Å²) >= 11 is 1.51. The zero-order valence-electron chi connectivity index (χ0n) is 10.7. The van der Waals surface area contributed by atoms with Gasteiger partial charge in [0.15, 0.2) is 0 Å². The molecule has 0 atom stereocenters. The molecule has 0 aliphatic rings. The van der Waals surface area contributed by atoms with E-state index >= 15 is 0 Å². The highest BCUT2D eigenvalue weighted by molar-refractivity contribution is 7.99. The summed E-state index contributed by atoms with van der Waals surface area (Å²) in [4.78, 5) is 20.4. The molecular formula is C11H22N2O3S. The van der Waals surface area contributed by atoms with Crippen molar-refractivity contribution in [2.45, 2.75) is 33.6 Å². The number of carboxylic acid groups (broad SMARTS) is 1. The normalized spacial score (nSPS) is 7.71. The van der Waals surface area contributed by atoms with Gasteiger partial charge in [-0.2, -0.15) is 11.8 Å². The molecular weight excluding hydrogens is 240 g/mol. The summed E-state index contributed by atoms with van der Waals surface area (Å²) in [7, 11) is 0. The molecule has 0 unspecified atom stereocenters. The van der Waals surface area contributed by atoms with Crippen LogP contribution >= 0.6 is 11.8 Å². The van der Waals surface area contributed by atoms with Gasteiger partial charge in [-0.05, 0) is 33.2 Å². The Kier molecular flexibility index (Phi) is 25.2. The van der Waals surface area contributed by atoms with Crippen molar-refractivity contribution >= 4 is 35.9 Å². The Morgan fingerprint density at radius 3 is 1.76 bits per heavy atom. The van der Waals surface area contributed by atoms with Crippen LogP contribution in [0, 0.1) is 10.8 Å². The second-order valence-electron chi connectivity index (χ2n) is 2.79. The fourth-order valence-corrected chi connectivity index (χ4v) is 1.43. The fraction of sp³-hybridized carbons (Fsp3) is 0.636.